The van der Waals surface area contributed by atoms with E-state index in [0.29, 0.717) is 15.3 Å². The number of benzene rings is 1. The van der Waals surface area contributed by atoms with Gasteiger partial charge in [0, 0.05) is 5.02 Å². The largest absolute Gasteiger partial charge is 0.623 e. The van der Waals surface area contributed by atoms with Crippen LogP contribution in [0.1, 0.15) is 5.56 Å². The zero-order chi connectivity index (χ0) is 9.84. The minimum absolute atomic E-state index is 0.0802. The normalized spacial score (nSPS) is 11.8. The highest BCUT2D eigenvalue weighted by Crippen LogP contribution is 2.09. The SMILES string of the molecule is C/[N+]([O-])=C(\C#N)c1ccc(Cl)cc1. The molecule has 0 aliphatic carbocycles. The van der Waals surface area contributed by atoms with Crippen LogP contribution in [0.5, 0.6) is 0 Å². The fourth-order valence-corrected chi connectivity index (χ4v) is 1.05. The summed E-state index contributed by atoms with van der Waals surface area (Å²) in [4.78, 5) is 0. The maximum absolute atomic E-state index is 10.9. The van der Waals surface area contributed by atoms with Gasteiger partial charge in [-0.3, -0.25) is 0 Å². The van der Waals surface area contributed by atoms with E-state index < -0.39 is 0 Å². The molecule has 0 atom stereocenters. The van der Waals surface area contributed by atoms with Gasteiger partial charge in [-0.25, -0.2) is 0 Å². The minimum Gasteiger partial charge on any atom is -0.623 e. The van der Waals surface area contributed by atoms with Crippen molar-refractivity contribution in [2.75, 3.05) is 7.05 Å². The van der Waals surface area contributed by atoms with Crippen molar-refractivity contribution in [1.29, 1.82) is 5.26 Å². The number of hydrogen-bond acceptors (Lipinski definition) is 2. The molecule has 0 N–H and O–H groups in total. The molecule has 0 amide bonds. The van der Waals surface area contributed by atoms with Crippen molar-refractivity contribution < 1.29 is 4.74 Å². The van der Waals surface area contributed by atoms with Crippen LogP contribution in [-0.2, 0) is 0 Å². The van der Waals surface area contributed by atoms with Crippen molar-refractivity contribution in [3.05, 3.63) is 40.1 Å². The average molecular weight is 195 g/mol. The van der Waals surface area contributed by atoms with E-state index in [2.05, 4.69) is 0 Å². The number of halogens is 1. The van der Waals surface area contributed by atoms with Gasteiger partial charge in [-0.1, -0.05) is 11.6 Å². The van der Waals surface area contributed by atoms with Crippen LogP contribution in [0.3, 0.4) is 0 Å². The van der Waals surface area contributed by atoms with Gasteiger partial charge in [0.05, 0.1) is 5.56 Å². The van der Waals surface area contributed by atoms with E-state index in [1.165, 1.54) is 7.05 Å². The molecule has 66 valence electrons. The molecule has 3 nitrogen and oxygen atoms in total. The molecule has 0 aliphatic heterocycles. The summed E-state index contributed by atoms with van der Waals surface area (Å²) in [5.74, 6) is 0. The van der Waals surface area contributed by atoms with Crippen LogP contribution in [0.4, 0.5) is 0 Å². The summed E-state index contributed by atoms with van der Waals surface area (Å²) in [6, 6.07) is 8.37. The Hall–Kier alpha value is -1.53. The van der Waals surface area contributed by atoms with Crippen molar-refractivity contribution in [1.82, 2.24) is 0 Å². The van der Waals surface area contributed by atoms with Crippen molar-refractivity contribution >= 4 is 17.3 Å². The molecule has 0 unspecified atom stereocenters. The average Bonchev–Trinajstić information content (AvgIpc) is 2.09. The maximum atomic E-state index is 10.9. The topological polar surface area (TPSA) is 49.9 Å². The third kappa shape index (κ3) is 2.20. The molecule has 0 aromatic heterocycles. The van der Waals surface area contributed by atoms with Crippen LogP contribution < -0.4 is 0 Å². The van der Waals surface area contributed by atoms with Crippen LogP contribution in [0.2, 0.25) is 5.02 Å². The van der Waals surface area contributed by atoms with Crippen LogP contribution in [-0.4, -0.2) is 17.5 Å². The number of hydrogen-bond donors (Lipinski definition) is 0. The van der Waals surface area contributed by atoms with Crippen molar-refractivity contribution in [3.63, 3.8) is 0 Å². The number of hydroxylamine groups is 1. The molecule has 0 aliphatic rings. The first kappa shape index (κ1) is 9.56. The zero-order valence-electron chi connectivity index (χ0n) is 6.99. The van der Waals surface area contributed by atoms with E-state index in [4.69, 9.17) is 16.9 Å². The Balaban J connectivity index is 3.17. The molecular formula is C9H7ClN2O. The summed E-state index contributed by atoms with van der Waals surface area (Å²) in [7, 11) is 1.28. The van der Waals surface area contributed by atoms with E-state index in [1.54, 1.807) is 24.3 Å². The number of nitriles is 1. The Morgan fingerprint density at radius 3 is 2.38 bits per heavy atom. The molecule has 1 aromatic carbocycles. The lowest BCUT2D eigenvalue weighted by atomic mass is 10.1. The fourth-order valence-electron chi connectivity index (χ4n) is 0.925. The second-order valence-electron chi connectivity index (χ2n) is 2.46. The smallest absolute Gasteiger partial charge is 0.296 e. The molecule has 0 radical (unpaired) electrons. The van der Waals surface area contributed by atoms with E-state index in [-0.39, 0.29) is 5.71 Å². The lowest BCUT2D eigenvalue weighted by Gasteiger charge is -1.99. The molecule has 1 aromatic rings. The highest BCUT2D eigenvalue weighted by molar-refractivity contribution is 6.30. The monoisotopic (exact) mass is 194 g/mol. The molecule has 1 rings (SSSR count). The zero-order valence-corrected chi connectivity index (χ0v) is 7.75. The maximum Gasteiger partial charge on any atom is 0.296 e. The van der Waals surface area contributed by atoms with Crippen molar-refractivity contribution in [2.24, 2.45) is 0 Å². The Labute approximate surface area is 81.1 Å². The van der Waals surface area contributed by atoms with Gasteiger partial charge in [0.25, 0.3) is 5.71 Å². The quantitative estimate of drug-likeness (QED) is 0.296. The van der Waals surface area contributed by atoms with E-state index in [1.807, 2.05) is 6.07 Å². The van der Waals surface area contributed by atoms with Crippen molar-refractivity contribution in [3.8, 4) is 6.07 Å². The Morgan fingerprint density at radius 2 is 2.00 bits per heavy atom. The summed E-state index contributed by atoms with van der Waals surface area (Å²) < 4.78 is 0.531. The molecule has 4 heteroatoms. The van der Waals surface area contributed by atoms with E-state index >= 15 is 0 Å². The third-order valence-electron chi connectivity index (χ3n) is 1.54. The summed E-state index contributed by atoms with van der Waals surface area (Å²) in [5.41, 5.74) is 0.654. The summed E-state index contributed by atoms with van der Waals surface area (Å²) >= 11 is 5.66. The molecule has 13 heavy (non-hydrogen) atoms. The Bertz CT molecular complexity index is 372. The molecule has 0 spiro atoms. The van der Waals surface area contributed by atoms with Gasteiger partial charge in [-0.15, -0.1) is 0 Å². The van der Waals surface area contributed by atoms with E-state index in [9.17, 15) is 5.21 Å². The molecule has 0 saturated carbocycles. The second-order valence-corrected chi connectivity index (χ2v) is 2.90. The van der Waals surface area contributed by atoms with Crippen molar-refractivity contribution in [2.45, 2.75) is 0 Å². The lowest BCUT2D eigenvalue weighted by molar-refractivity contribution is -0.420. The standard InChI is InChI=1S/C9H7ClN2O/c1-12(13)9(6-11)7-2-4-8(10)5-3-7/h2-5H,1H3/b12-9-. The first-order chi connectivity index (χ1) is 6.15. The fraction of sp³-hybridized carbons (Fsp3) is 0.111. The second kappa shape index (κ2) is 3.92. The van der Waals surface area contributed by atoms with Gasteiger partial charge < -0.3 is 5.21 Å². The van der Waals surface area contributed by atoms with Crippen LogP contribution in [0.25, 0.3) is 0 Å². The third-order valence-corrected chi connectivity index (χ3v) is 1.79. The van der Waals surface area contributed by atoms with Gasteiger partial charge in [-0.2, -0.15) is 10.0 Å². The highest BCUT2D eigenvalue weighted by atomic mass is 35.5. The molecule has 0 fully saturated rings. The summed E-state index contributed by atoms with van der Waals surface area (Å²) in [6.45, 7) is 0. The van der Waals surface area contributed by atoms with Gasteiger partial charge in [0.1, 0.15) is 7.05 Å². The first-order valence-corrected chi connectivity index (χ1v) is 3.97. The van der Waals surface area contributed by atoms with Crippen LogP contribution in [0, 0.1) is 16.5 Å². The van der Waals surface area contributed by atoms with Gasteiger partial charge >= 0.3 is 0 Å². The molecule has 0 bridgehead atoms. The summed E-state index contributed by atoms with van der Waals surface area (Å²) in [6.07, 6.45) is 0. The van der Waals surface area contributed by atoms with Crippen LogP contribution in [0.15, 0.2) is 24.3 Å². The molecule has 0 saturated heterocycles. The first-order valence-electron chi connectivity index (χ1n) is 3.59. The van der Waals surface area contributed by atoms with E-state index in [0.717, 1.165) is 0 Å². The van der Waals surface area contributed by atoms with Gasteiger partial charge in [-0.05, 0) is 24.3 Å². The highest BCUT2D eigenvalue weighted by Gasteiger charge is 2.08. The lowest BCUT2D eigenvalue weighted by Crippen LogP contribution is -2.10. The number of nitrogens with zero attached hydrogens (tertiary/aromatic N) is 2. The van der Waals surface area contributed by atoms with Gasteiger partial charge in [0.15, 0.2) is 6.07 Å². The van der Waals surface area contributed by atoms with Gasteiger partial charge in [0.2, 0.25) is 0 Å². The van der Waals surface area contributed by atoms with Crippen LogP contribution >= 0.6 is 11.6 Å². The predicted octanol–water partition coefficient (Wildman–Crippen LogP) is 1.79. The predicted molar refractivity (Wildman–Crippen MR) is 50.7 cm³/mol. The minimum atomic E-state index is 0.0802. The Kier molecular flexibility index (Phi) is 2.88. The molecular weight excluding hydrogens is 188 g/mol. The summed E-state index contributed by atoms with van der Waals surface area (Å²) in [5, 5.41) is 20.1. The molecule has 0 heterocycles. The Morgan fingerprint density at radius 1 is 1.46 bits per heavy atom. The number of rotatable bonds is 1.